The van der Waals surface area contributed by atoms with Crippen molar-refractivity contribution in [2.45, 2.75) is 13.0 Å². The smallest absolute Gasteiger partial charge is 0.270 e. The van der Waals surface area contributed by atoms with Gasteiger partial charge in [0.25, 0.3) is 5.91 Å². The lowest BCUT2D eigenvalue weighted by Crippen LogP contribution is -2.61. The van der Waals surface area contributed by atoms with Crippen molar-refractivity contribution >= 4 is 28.6 Å². The van der Waals surface area contributed by atoms with Crippen LogP contribution in [0, 0.1) is 5.82 Å². The van der Waals surface area contributed by atoms with E-state index in [0.717, 1.165) is 5.52 Å². The summed E-state index contributed by atoms with van der Waals surface area (Å²) in [5, 5.41) is 3.18. The van der Waals surface area contributed by atoms with Crippen LogP contribution >= 0.6 is 0 Å². The van der Waals surface area contributed by atoms with E-state index in [2.05, 4.69) is 5.32 Å². The molecule has 0 saturated carbocycles. The Morgan fingerprint density at radius 1 is 1.19 bits per heavy atom. The first-order valence-electron chi connectivity index (χ1n) is 8.36. The zero-order valence-electron chi connectivity index (χ0n) is 15.0. The summed E-state index contributed by atoms with van der Waals surface area (Å²) in [7, 11) is 3.25. The molecule has 1 aliphatic heterocycles. The molecule has 2 heterocycles. The highest BCUT2D eigenvalue weighted by atomic mass is 19.1. The Bertz CT molecular complexity index is 892. The van der Waals surface area contributed by atoms with Gasteiger partial charge in [-0.2, -0.15) is 0 Å². The van der Waals surface area contributed by atoms with Crippen molar-refractivity contribution in [1.82, 2.24) is 19.7 Å². The Hall–Kier alpha value is -2.90. The van der Waals surface area contributed by atoms with Gasteiger partial charge in [-0.15, -0.1) is 0 Å². The summed E-state index contributed by atoms with van der Waals surface area (Å²) in [5.74, 6) is -1.12. The number of benzene rings is 1. The topological polar surface area (TPSA) is 74.7 Å². The molecular formula is C18H21FN4O3. The number of halogens is 1. The largest absolute Gasteiger partial charge is 0.357 e. The highest BCUT2D eigenvalue weighted by Crippen LogP contribution is 2.22. The summed E-state index contributed by atoms with van der Waals surface area (Å²) in [4.78, 5) is 39.9. The van der Waals surface area contributed by atoms with Crippen molar-refractivity contribution < 1.29 is 18.8 Å². The van der Waals surface area contributed by atoms with Crippen LogP contribution in [0.2, 0.25) is 0 Å². The van der Waals surface area contributed by atoms with E-state index in [1.807, 2.05) is 0 Å². The number of hydrogen-bond acceptors (Lipinski definition) is 3. The summed E-state index contributed by atoms with van der Waals surface area (Å²) < 4.78 is 15.2. The zero-order valence-corrected chi connectivity index (χ0v) is 15.0. The highest BCUT2D eigenvalue weighted by Gasteiger charge is 2.36. The SMILES string of the molecule is CNC(=O)[C@H]1CN(C(=O)c2cc3cc(F)ccc3n2C)CCN1C(C)=O. The molecule has 26 heavy (non-hydrogen) atoms. The average Bonchev–Trinajstić information content (AvgIpc) is 2.95. The molecule has 7 nitrogen and oxygen atoms in total. The molecule has 1 saturated heterocycles. The fraction of sp³-hybridized carbons (Fsp3) is 0.389. The first-order valence-corrected chi connectivity index (χ1v) is 8.36. The number of nitrogens with zero attached hydrogens (tertiary/aromatic N) is 3. The molecule has 1 fully saturated rings. The van der Waals surface area contributed by atoms with Gasteiger partial charge in [0.05, 0.1) is 6.54 Å². The van der Waals surface area contributed by atoms with Gasteiger partial charge in [-0.05, 0) is 24.3 Å². The molecule has 3 rings (SSSR count). The minimum absolute atomic E-state index is 0.119. The van der Waals surface area contributed by atoms with Gasteiger partial charge in [0.15, 0.2) is 0 Å². The van der Waals surface area contributed by atoms with E-state index in [9.17, 15) is 18.8 Å². The molecule has 138 valence electrons. The molecule has 1 atom stereocenters. The second-order valence-electron chi connectivity index (χ2n) is 6.39. The molecule has 3 amide bonds. The Morgan fingerprint density at radius 3 is 2.58 bits per heavy atom. The van der Waals surface area contributed by atoms with Gasteiger partial charge >= 0.3 is 0 Å². The summed E-state index contributed by atoms with van der Waals surface area (Å²) in [5.41, 5.74) is 1.16. The predicted molar refractivity (Wildman–Crippen MR) is 94.0 cm³/mol. The third kappa shape index (κ3) is 3.02. The standard InChI is InChI=1S/C18H21FN4O3/c1-11(24)23-7-6-22(10-16(23)17(25)20-2)18(26)15-9-12-8-13(19)4-5-14(12)21(15)3/h4-5,8-9,16H,6-7,10H2,1-3H3,(H,20,25)/t16-/m1/s1. The lowest BCUT2D eigenvalue weighted by Gasteiger charge is -2.39. The molecule has 0 bridgehead atoms. The Labute approximate surface area is 150 Å². The summed E-state index contributed by atoms with van der Waals surface area (Å²) in [6.45, 7) is 2.15. The number of amides is 3. The van der Waals surface area contributed by atoms with E-state index in [1.54, 1.807) is 28.6 Å². The van der Waals surface area contributed by atoms with Crippen LogP contribution < -0.4 is 5.32 Å². The Kier molecular flexibility index (Phi) is 4.67. The van der Waals surface area contributed by atoms with Gasteiger partial charge in [0.2, 0.25) is 11.8 Å². The quantitative estimate of drug-likeness (QED) is 0.858. The maximum atomic E-state index is 13.4. The van der Waals surface area contributed by atoms with E-state index in [1.165, 1.54) is 31.0 Å². The Balaban J connectivity index is 1.89. The number of aromatic nitrogens is 1. The zero-order chi connectivity index (χ0) is 19.0. The number of nitrogens with one attached hydrogen (secondary N) is 1. The van der Waals surface area contributed by atoms with Crippen molar-refractivity contribution in [1.29, 1.82) is 0 Å². The minimum atomic E-state index is -0.720. The number of piperazine rings is 1. The number of aryl methyl sites for hydroxylation is 1. The van der Waals surface area contributed by atoms with E-state index in [0.29, 0.717) is 17.6 Å². The average molecular weight is 360 g/mol. The first kappa shape index (κ1) is 17.9. The number of rotatable bonds is 2. The molecule has 2 aromatic rings. The van der Waals surface area contributed by atoms with Crippen LogP contribution in [0.3, 0.4) is 0 Å². The maximum Gasteiger partial charge on any atom is 0.270 e. The lowest BCUT2D eigenvalue weighted by molar-refractivity contribution is -0.141. The van der Waals surface area contributed by atoms with Gasteiger partial charge in [0, 0.05) is 45.0 Å². The maximum absolute atomic E-state index is 13.4. The monoisotopic (exact) mass is 360 g/mol. The number of carbonyl (C=O) groups is 3. The van der Waals surface area contributed by atoms with Crippen LogP contribution in [0.5, 0.6) is 0 Å². The molecular weight excluding hydrogens is 339 g/mol. The lowest BCUT2D eigenvalue weighted by atomic mass is 10.1. The number of carbonyl (C=O) groups excluding carboxylic acids is 3. The van der Waals surface area contributed by atoms with Crippen LogP contribution in [0.15, 0.2) is 24.3 Å². The summed E-state index contributed by atoms with van der Waals surface area (Å²) in [6.07, 6.45) is 0. The first-order chi connectivity index (χ1) is 12.3. The van der Waals surface area contributed by atoms with Crippen molar-refractivity contribution in [3.63, 3.8) is 0 Å². The highest BCUT2D eigenvalue weighted by molar-refractivity contribution is 5.99. The second kappa shape index (κ2) is 6.78. The van der Waals surface area contributed by atoms with E-state index >= 15 is 0 Å². The fourth-order valence-corrected chi connectivity index (χ4v) is 3.42. The number of hydrogen-bond donors (Lipinski definition) is 1. The van der Waals surface area contributed by atoms with Crippen LogP contribution in [0.4, 0.5) is 4.39 Å². The van der Waals surface area contributed by atoms with Gasteiger partial charge < -0.3 is 19.7 Å². The predicted octanol–water partition coefficient (Wildman–Crippen LogP) is 0.736. The van der Waals surface area contributed by atoms with Crippen molar-refractivity contribution in [2.24, 2.45) is 7.05 Å². The summed E-state index contributed by atoms with van der Waals surface area (Å²) >= 11 is 0. The number of fused-ring (bicyclic) bond motifs is 1. The second-order valence-corrected chi connectivity index (χ2v) is 6.39. The van der Waals surface area contributed by atoms with E-state index in [-0.39, 0.29) is 36.6 Å². The van der Waals surface area contributed by atoms with Gasteiger partial charge in [-0.3, -0.25) is 14.4 Å². The van der Waals surface area contributed by atoms with Gasteiger partial charge in [-0.1, -0.05) is 0 Å². The van der Waals surface area contributed by atoms with Crippen LogP contribution in [-0.2, 0) is 16.6 Å². The molecule has 0 spiro atoms. The third-order valence-corrected chi connectivity index (χ3v) is 4.84. The molecule has 0 radical (unpaired) electrons. The molecule has 8 heteroatoms. The fourth-order valence-electron chi connectivity index (χ4n) is 3.42. The number of likely N-dealkylation sites (N-methyl/N-ethyl adjacent to an activating group) is 1. The molecule has 0 unspecified atom stereocenters. The van der Waals surface area contributed by atoms with E-state index in [4.69, 9.17) is 0 Å². The normalized spacial score (nSPS) is 17.5. The minimum Gasteiger partial charge on any atom is -0.357 e. The van der Waals surface area contributed by atoms with Crippen molar-refractivity contribution in [3.05, 3.63) is 35.8 Å². The Morgan fingerprint density at radius 2 is 1.92 bits per heavy atom. The molecule has 0 aliphatic carbocycles. The van der Waals surface area contributed by atoms with Crippen LogP contribution in [-0.4, -0.2) is 64.8 Å². The van der Waals surface area contributed by atoms with Crippen LogP contribution in [0.25, 0.3) is 10.9 Å². The molecule has 1 aromatic carbocycles. The van der Waals surface area contributed by atoms with Crippen LogP contribution in [0.1, 0.15) is 17.4 Å². The van der Waals surface area contributed by atoms with Crippen molar-refractivity contribution in [3.8, 4) is 0 Å². The molecule has 1 aromatic heterocycles. The van der Waals surface area contributed by atoms with Gasteiger partial charge in [0.1, 0.15) is 17.6 Å². The molecule has 1 N–H and O–H groups in total. The summed E-state index contributed by atoms with van der Waals surface area (Å²) in [6, 6.07) is 5.29. The van der Waals surface area contributed by atoms with Gasteiger partial charge in [-0.25, -0.2) is 4.39 Å². The third-order valence-electron chi connectivity index (χ3n) is 4.84. The van der Waals surface area contributed by atoms with Crippen molar-refractivity contribution in [2.75, 3.05) is 26.7 Å². The molecule has 1 aliphatic rings. The van der Waals surface area contributed by atoms with E-state index < -0.39 is 6.04 Å².